The molecule has 0 rings (SSSR count). The summed E-state index contributed by atoms with van der Waals surface area (Å²) in [5.41, 5.74) is -0.264. The van der Waals surface area contributed by atoms with Crippen molar-refractivity contribution in [1.82, 2.24) is 5.32 Å². The Bertz CT molecular complexity index is 408. The first-order valence-electron chi connectivity index (χ1n) is 8.96. The zero-order valence-electron chi connectivity index (χ0n) is 17.4. The topological polar surface area (TPSA) is 29.1 Å². The first-order chi connectivity index (χ1) is 9.97. The smallest absolute Gasteiger partial charge is 0.227 e. The summed E-state index contributed by atoms with van der Waals surface area (Å²) in [4.78, 5) is 12.8. The molecule has 0 heterocycles. The lowest BCUT2D eigenvalue weighted by Crippen LogP contribution is -2.50. The molecule has 0 saturated heterocycles. The van der Waals surface area contributed by atoms with Crippen LogP contribution in [0.25, 0.3) is 0 Å². The van der Waals surface area contributed by atoms with Crippen molar-refractivity contribution in [2.45, 2.75) is 93.2 Å². The van der Waals surface area contributed by atoms with Gasteiger partial charge in [-0.1, -0.05) is 81.5 Å². The number of thiol groups is 1. The second-order valence-electron chi connectivity index (χ2n) is 10.2. The quantitative estimate of drug-likeness (QED) is 0.373. The molecule has 0 saturated carbocycles. The molecule has 1 atom stereocenters. The highest BCUT2D eigenvalue weighted by Crippen LogP contribution is 2.45. The lowest BCUT2D eigenvalue weighted by molar-refractivity contribution is -0.137. The van der Waals surface area contributed by atoms with E-state index in [2.05, 4.69) is 80.3 Å². The summed E-state index contributed by atoms with van der Waals surface area (Å²) in [6, 6.07) is 0. The monoisotopic (exact) mass is 341 g/mol. The largest absolute Gasteiger partial charge is 0.345 e. The van der Waals surface area contributed by atoms with Crippen LogP contribution in [0.4, 0.5) is 0 Å². The third kappa shape index (κ3) is 5.44. The van der Waals surface area contributed by atoms with Crippen LogP contribution in [0.3, 0.4) is 0 Å². The Balaban J connectivity index is 4.81. The minimum absolute atomic E-state index is 0.0741. The second kappa shape index (κ2) is 7.41. The number of carbonyl (C=O) groups is 1. The number of amides is 1. The molecular formula is C19H40BNOS. The van der Waals surface area contributed by atoms with Crippen LogP contribution in [0.1, 0.15) is 76.2 Å². The number of rotatable bonds is 7. The van der Waals surface area contributed by atoms with Gasteiger partial charge in [-0.05, 0) is 23.1 Å². The average Bonchev–Trinajstić information content (AvgIpc) is 2.34. The lowest BCUT2D eigenvalue weighted by atomic mass is 9.43. The second-order valence-corrected chi connectivity index (χ2v) is 10.8. The fourth-order valence-electron chi connectivity index (χ4n) is 2.29. The van der Waals surface area contributed by atoms with E-state index in [-0.39, 0.29) is 27.4 Å². The Kier molecular flexibility index (Phi) is 7.38. The van der Waals surface area contributed by atoms with Crippen LogP contribution < -0.4 is 5.32 Å². The SMILES string of the molecule is CC(C)C(C)(C)C(C)(C)C(=O)NC(S)CBC(C)(C)C(C)(C)C. The van der Waals surface area contributed by atoms with E-state index in [9.17, 15) is 4.79 Å². The molecule has 0 radical (unpaired) electrons. The van der Waals surface area contributed by atoms with E-state index in [1.54, 1.807) is 0 Å². The Morgan fingerprint density at radius 3 is 1.78 bits per heavy atom. The molecule has 23 heavy (non-hydrogen) atoms. The van der Waals surface area contributed by atoms with Crippen LogP contribution in [-0.4, -0.2) is 18.6 Å². The summed E-state index contributed by atoms with van der Waals surface area (Å²) < 4.78 is 0. The Labute approximate surface area is 151 Å². The van der Waals surface area contributed by atoms with E-state index in [1.165, 1.54) is 0 Å². The maximum Gasteiger partial charge on any atom is 0.227 e. The molecule has 0 bridgehead atoms. The number of nitrogens with one attached hydrogen (secondary N) is 1. The molecule has 0 aliphatic rings. The molecule has 1 amide bonds. The van der Waals surface area contributed by atoms with E-state index in [1.807, 2.05) is 13.8 Å². The molecule has 1 unspecified atom stereocenters. The maximum atomic E-state index is 12.8. The highest BCUT2D eigenvalue weighted by atomic mass is 32.1. The van der Waals surface area contributed by atoms with Gasteiger partial charge < -0.3 is 5.32 Å². The summed E-state index contributed by atoms with van der Waals surface area (Å²) in [6.45, 7) is 24.2. The van der Waals surface area contributed by atoms with Crippen molar-refractivity contribution >= 4 is 25.8 Å². The van der Waals surface area contributed by atoms with Gasteiger partial charge in [-0.25, -0.2) is 0 Å². The summed E-state index contributed by atoms with van der Waals surface area (Å²) in [5.74, 6) is 0.534. The average molecular weight is 341 g/mol. The van der Waals surface area contributed by atoms with Gasteiger partial charge in [-0.2, -0.15) is 12.6 Å². The molecule has 136 valence electrons. The molecule has 0 spiro atoms. The van der Waals surface area contributed by atoms with Gasteiger partial charge in [0.05, 0.1) is 5.37 Å². The van der Waals surface area contributed by atoms with Crippen molar-refractivity contribution in [1.29, 1.82) is 0 Å². The van der Waals surface area contributed by atoms with Gasteiger partial charge in [-0.3, -0.25) is 4.79 Å². The molecule has 0 aliphatic carbocycles. The van der Waals surface area contributed by atoms with E-state index in [4.69, 9.17) is 0 Å². The summed E-state index contributed by atoms with van der Waals surface area (Å²) in [7, 11) is 1.04. The van der Waals surface area contributed by atoms with E-state index >= 15 is 0 Å². The third-order valence-corrected chi connectivity index (χ3v) is 7.38. The van der Waals surface area contributed by atoms with Crippen molar-refractivity contribution in [3.05, 3.63) is 0 Å². The molecule has 2 nitrogen and oxygen atoms in total. The van der Waals surface area contributed by atoms with Gasteiger partial charge in [0.15, 0.2) is 0 Å². The Morgan fingerprint density at radius 2 is 1.43 bits per heavy atom. The number of hydrogen-bond acceptors (Lipinski definition) is 2. The normalized spacial score (nSPS) is 15.5. The minimum atomic E-state index is -0.429. The van der Waals surface area contributed by atoms with Gasteiger partial charge in [-0.15, -0.1) is 0 Å². The standard InChI is InChI=1S/C19H40BNOS/c1-13(2)17(6,7)18(8,9)15(22)21-14(23)12-20-19(10,11)16(3,4)5/h13-14,20,23H,12H2,1-11H3,(H,21,22). The van der Waals surface area contributed by atoms with Crippen LogP contribution in [-0.2, 0) is 4.79 Å². The Hall–Kier alpha value is -0.115. The number of hydrogen-bond donors (Lipinski definition) is 2. The van der Waals surface area contributed by atoms with Crippen LogP contribution in [0.15, 0.2) is 0 Å². The molecule has 0 aromatic rings. The zero-order chi connectivity index (χ0) is 18.9. The highest BCUT2D eigenvalue weighted by Gasteiger charge is 2.45. The first-order valence-corrected chi connectivity index (χ1v) is 9.47. The lowest BCUT2D eigenvalue weighted by Gasteiger charge is -2.44. The predicted octanol–water partition coefficient (Wildman–Crippen LogP) is 5.17. The highest BCUT2D eigenvalue weighted by molar-refractivity contribution is 7.81. The number of carbonyl (C=O) groups excluding carboxylic acids is 1. The molecule has 1 N–H and O–H groups in total. The van der Waals surface area contributed by atoms with Crippen LogP contribution >= 0.6 is 12.6 Å². The molecular weight excluding hydrogens is 301 g/mol. The fourth-order valence-corrected chi connectivity index (χ4v) is 2.54. The molecule has 0 aromatic carbocycles. The van der Waals surface area contributed by atoms with Crippen LogP contribution in [0.2, 0.25) is 11.6 Å². The summed E-state index contributed by atoms with van der Waals surface area (Å²) >= 11 is 4.62. The van der Waals surface area contributed by atoms with Crippen molar-refractivity contribution in [2.24, 2.45) is 22.2 Å². The van der Waals surface area contributed by atoms with Crippen molar-refractivity contribution < 1.29 is 4.79 Å². The van der Waals surface area contributed by atoms with E-state index < -0.39 is 5.41 Å². The molecule has 0 fully saturated rings. The molecule has 0 aromatic heterocycles. The third-order valence-electron chi connectivity index (χ3n) is 6.99. The van der Waals surface area contributed by atoms with E-state index in [0.717, 1.165) is 13.6 Å². The first kappa shape index (κ1) is 22.9. The van der Waals surface area contributed by atoms with Gasteiger partial charge in [0.25, 0.3) is 0 Å². The van der Waals surface area contributed by atoms with E-state index in [0.29, 0.717) is 5.92 Å². The fraction of sp³-hybridized carbons (Fsp3) is 0.947. The van der Waals surface area contributed by atoms with Crippen molar-refractivity contribution in [3.8, 4) is 0 Å². The summed E-state index contributed by atoms with van der Waals surface area (Å²) in [5, 5.41) is 3.25. The molecule has 0 aliphatic heterocycles. The van der Waals surface area contributed by atoms with Crippen molar-refractivity contribution in [3.63, 3.8) is 0 Å². The summed E-state index contributed by atoms with van der Waals surface area (Å²) in [6.07, 6.45) is 0.886. The van der Waals surface area contributed by atoms with Gasteiger partial charge in [0.1, 0.15) is 7.28 Å². The van der Waals surface area contributed by atoms with Gasteiger partial charge >= 0.3 is 0 Å². The van der Waals surface area contributed by atoms with Gasteiger partial charge in [0, 0.05) is 5.41 Å². The minimum Gasteiger partial charge on any atom is -0.345 e. The zero-order valence-corrected chi connectivity index (χ0v) is 18.3. The Morgan fingerprint density at radius 1 is 1.00 bits per heavy atom. The van der Waals surface area contributed by atoms with Crippen molar-refractivity contribution in [2.75, 3.05) is 0 Å². The van der Waals surface area contributed by atoms with Crippen LogP contribution in [0, 0.1) is 22.2 Å². The predicted molar refractivity (Wildman–Crippen MR) is 109 cm³/mol. The molecule has 4 heteroatoms. The van der Waals surface area contributed by atoms with Gasteiger partial charge in [0.2, 0.25) is 5.91 Å². The van der Waals surface area contributed by atoms with Crippen LogP contribution in [0.5, 0.6) is 0 Å². The maximum absolute atomic E-state index is 12.8.